The van der Waals surface area contributed by atoms with Gasteiger partial charge in [0.15, 0.2) is 0 Å². The summed E-state index contributed by atoms with van der Waals surface area (Å²) in [7, 11) is 1.33. The Hall–Kier alpha value is -1.65. The SMILES string of the molecule is COC(=O)c1nc(C)cc(NCC2CCCC2)n1. The smallest absolute Gasteiger partial charge is 0.376 e. The summed E-state index contributed by atoms with van der Waals surface area (Å²) in [5.41, 5.74) is 0.763. The van der Waals surface area contributed by atoms with E-state index in [2.05, 4.69) is 20.0 Å². The topological polar surface area (TPSA) is 64.1 Å². The largest absolute Gasteiger partial charge is 0.463 e. The van der Waals surface area contributed by atoms with E-state index in [4.69, 9.17) is 0 Å². The summed E-state index contributed by atoms with van der Waals surface area (Å²) in [5, 5.41) is 3.29. The third kappa shape index (κ3) is 3.18. The molecule has 1 aromatic heterocycles. The van der Waals surface area contributed by atoms with Crippen molar-refractivity contribution in [3.63, 3.8) is 0 Å². The Morgan fingerprint density at radius 3 is 2.83 bits per heavy atom. The Labute approximate surface area is 107 Å². The molecule has 0 unspecified atom stereocenters. The van der Waals surface area contributed by atoms with Crippen LogP contribution in [0.15, 0.2) is 6.07 Å². The van der Waals surface area contributed by atoms with Crippen LogP contribution < -0.4 is 5.32 Å². The van der Waals surface area contributed by atoms with Gasteiger partial charge in [0, 0.05) is 18.3 Å². The zero-order chi connectivity index (χ0) is 13.0. The molecule has 1 N–H and O–H groups in total. The second kappa shape index (κ2) is 5.80. The molecule has 5 heteroatoms. The maximum absolute atomic E-state index is 11.4. The third-order valence-corrected chi connectivity index (χ3v) is 3.27. The fourth-order valence-corrected chi connectivity index (χ4v) is 2.31. The molecule has 1 aliphatic carbocycles. The fourth-order valence-electron chi connectivity index (χ4n) is 2.31. The Bertz CT molecular complexity index is 428. The van der Waals surface area contributed by atoms with Crippen LogP contribution in [0.4, 0.5) is 5.82 Å². The van der Waals surface area contributed by atoms with Crippen LogP contribution in [0.3, 0.4) is 0 Å². The predicted molar refractivity (Wildman–Crippen MR) is 68.6 cm³/mol. The first-order valence-corrected chi connectivity index (χ1v) is 6.37. The summed E-state index contributed by atoms with van der Waals surface area (Å²) in [6.07, 6.45) is 5.20. The van der Waals surface area contributed by atoms with E-state index >= 15 is 0 Å². The Morgan fingerprint density at radius 2 is 2.17 bits per heavy atom. The van der Waals surface area contributed by atoms with Crippen molar-refractivity contribution >= 4 is 11.8 Å². The molecule has 1 fully saturated rings. The summed E-state index contributed by atoms with van der Waals surface area (Å²) < 4.78 is 4.63. The number of anilines is 1. The van der Waals surface area contributed by atoms with Gasteiger partial charge in [0.1, 0.15) is 5.82 Å². The van der Waals surface area contributed by atoms with Crippen molar-refractivity contribution in [1.29, 1.82) is 0 Å². The molecule has 1 aliphatic rings. The fraction of sp³-hybridized carbons (Fsp3) is 0.615. The lowest BCUT2D eigenvalue weighted by Gasteiger charge is -2.11. The van der Waals surface area contributed by atoms with Gasteiger partial charge in [-0.05, 0) is 25.7 Å². The van der Waals surface area contributed by atoms with Gasteiger partial charge < -0.3 is 10.1 Å². The third-order valence-electron chi connectivity index (χ3n) is 3.27. The molecule has 1 saturated carbocycles. The number of esters is 1. The molecular weight excluding hydrogens is 230 g/mol. The zero-order valence-electron chi connectivity index (χ0n) is 10.9. The number of nitrogens with zero attached hydrogens (tertiary/aromatic N) is 2. The summed E-state index contributed by atoms with van der Waals surface area (Å²) in [6, 6.07) is 1.85. The van der Waals surface area contributed by atoms with Crippen LogP contribution in [-0.2, 0) is 4.74 Å². The normalized spacial score (nSPS) is 15.7. The number of ether oxygens (including phenoxy) is 1. The first kappa shape index (κ1) is 12.8. The summed E-state index contributed by atoms with van der Waals surface area (Å²) in [4.78, 5) is 19.6. The average molecular weight is 249 g/mol. The van der Waals surface area contributed by atoms with Gasteiger partial charge in [0.2, 0.25) is 5.82 Å². The van der Waals surface area contributed by atoms with Gasteiger partial charge >= 0.3 is 5.97 Å². The maximum Gasteiger partial charge on any atom is 0.376 e. The van der Waals surface area contributed by atoms with E-state index in [-0.39, 0.29) is 5.82 Å². The van der Waals surface area contributed by atoms with E-state index in [1.165, 1.54) is 32.8 Å². The summed E-state index contributed by atoms with van der Waals surface area (Å²) in [5.74, 6) is 1.05. The van der Waals surface area contributed by atoms with Crippen molar-refractivity contribution in [2.45, 2.75) is 32.6 Å². The highest BCUT2D eigenvalue weighted by Gasteiger charge is 2.16. The van der Waals surface area contributed by atoms with Gasteiger partial charge in [-0.15, -0.1) is 0 Å². The standard InChI is InChI=1S/C13H19N3O2/c1-9-7-11(14-8-10-5-3-4-6-10)16-12(15-9)13(17)18-2/h7,10H,3-6,8H2,1-2H3,(H,14,15,16). The van der Waals surface area contributed by atoms with Crippen molar-refractivity contribution in [1.82, 2.24) is 9.97 Å². The number of carbonyl (C=O) groups is 1. The van der Waals surface area contributed by atoms with E-state index in [9.17, 15) is 4.79 Å². The molecular formula is C13H19N3O2. The van der Waals surface area contributed by atoms with Crippen LogP contribution in [0.2, 0.25) is 0 Å². The van der Waals surface area contributed by atoms with Crippen molar-refractivity contribution in [2.75, 3.05) is 19.0 Å². The van der Waals surface area contributed by atoms with E-state index in [0.29, 0.717) is 5.82 Å². The molecule has 5 nitrogen and oxygen atoms in total. The number of rotatable bonds is 4. The molecule has 0 bridgehead atoms. The molecule has 1 aromatic rings. The molecule has 0 aliphatic heterocycles. The highest BCUT2D eigenvalue weighted by Crippen LogP contribution is 2.24. The number of nitrogens with one attached hydrogen (secondary N) is 1. The minimum absolute atomic E-state index is 0.117. The molecule has 18 heavy (non-hydrogen) atoms. The highest BCUT2D eigenvalue weighted by molar-refractivity contribution is 5.85. The summed E-state index contributed by atoms with van der Waals surface area (Å²) >= 11 is 0. The molecule has 0 spiro atoms. The minimum Gasteiger partial charge on any atom is -0.463 e. The molecule has 0 amide bonds. The Balaban J connectivity index is 2.02. The van der Waals surface area contributed by atoms with E-state index in [0.717, 1.165) is 18.2 Å². The number of methoxy groups -OCH3 is 1. The highest BCUT2D eigenvalue weighted by atomic mass is 16.5. The van der Waals surface area contributed by atoms with Gasteiger partial charge in [-0.3, -0.25) is 0 Å². The van der Waals surface area contributed by atoms with Gasteiger partial charge in [0.05, 0.1) is 7.11 Å². The lowest BCUT2D eigenvalue weighted by Crippen LogP contribution is -2.15. The molecule has 0 aromatic carbocycles. The van der Waals surface area contributed by atoms with Gasteiger partial charge in [-0.25, -0.2) is 14.8 Å². The summed E-state index contributed by atoms with van der Waals surface area (Å²) in [6.45, 7) is 2.76. The van der Waals surface area contributed by atoms with Crippen molar-refractivity contribution in [2.24, 2.45) is 5.92 Å². The van der Waals surface area contributed by atoms with Crippen molar-refractivity contribution in [3.05, 3.63) is 17.6 Å². The number of aryl methyl sites for hydroxylation is 1. The minimum atomic E-state index is -0.498. The molecule has 0 radical (unpaired) electrons. The van der Waals surface area contributed by atoms with Crippen LogP contribution in [-0.4, -0.2) is 29.6 Å². The van der Waals surface area contributed by atoms with Crippen LogP contribution in [0.5, 0.6) is 0 Å². The zero-order valence-corrected chi connectivity index (χ0v) is 10.9. The predicted octanol–water partition coefficient (Wildman–Crippen LogP) is 2.17. The number of aromatic nitrogens is 2. The number of hydrogen-bond donors (Lipinski definition) is 1. The number of hydrogen-bond acceptors (Lipinski definition) is 5. The maximum atomic E-state index is 11.4. The van der Waals surface area contributed by atoms with Gasteiger partial charge in [0.25, 0.3) is 0 Å². The molecule has 2 rings (SSSR count). The van der Waals surface area contributed by atoms with Crippen LogP contribution in [0, 0.1) is 12.8 Å². The molecule has 0 atom stereocenters. The Kier molecular flexibility index (Phi) is 4.12. The quantitative estimate of drug-likeness (QED) is 0.828. The molecule has 0 saturated heterocycles. The monoisotopic (exact) mass is 249 g/mol. The van der Waals surface area contributed by atoms with Crippen LogP contribution >= 0.6 is 0 Å². The first-order valence-electron chi connectivity index (χ1n) is 6.37. The lowest BCUT2D eigenvalue weighted by atomic mass is 10.1. The lowest BCUT2D eigenvalue weighted by molar-refractivity contribution is 0.0586. The van der Waals surface area contributed by atoms with Gasteiger partial charge in [-0.1, -0.05) is 12.8 Å². The average Bonchev–Trinajstić information content (AvgIpc) is 2.88. The second-order valence-electron chi connectivity index (χ2n) is 4.74. The van der Waals surface area contributed by atoms with Crippen LogP contribution in [0.25, 0.3) is 0 Å². The first-order chi connectivity index (χ1) is 8.69. The molecule has 98 valence electrons. The van der Waals surface area contributed by atoms with Gasteiger partial charge in [-0.2, -0.15) is 0 Å². The van der Waals surface area contributed by atoms with Crippen molar-refractivity contribution < 1.29 is 9.53 Å². The second-order valence-corrected chi connectivity index (χ2v) is 4.74. The Morgan fingerprint density at radius 1 is 1.44 bits per heavy atom. The van der Waals surface area contributed by atoms with E-state index in [1.807, 2.05) is 13.0 Å². The van der Waals surface area contributed by atoms with Crippen molar-refractivity contribution in [3.8, 4) is 0 Å². The molecule has 1 heterocycles. The number of carbonyl (C=O) groups excluding carboxylic acids is 1. The van der Waals surface area contributed by atoms with Crippen LogP contribution in [0.1, 0.15) is 42.0 Å². The van der Waals surface area contributed by atoms with E-state index < -0.39 is 5.97 Å². The van der Waals surface area contributed by atoms with E-state index in [1.54, 1.807) is 0 Å².